The summed E-state index contributed by atoms with van der Waals surface area (Å²) in [5, 5.41) is 0. The fourth-order valence-electron chi connectivity index (χ4n) is 0.958. The molecule has 0 saturated heterocycles. The first-order valence-corrected chi connectivity index (χ1v) is 5.94. The number of rotatable bonds is 5. The molecule has 82 valence electrons. The molecular formula is C10H18O3S. The molecule has 0 aromatic rings. The average Bonchev–Trinajstić information content (AvgIpc) is 2.00. The van der Waals surface area contributed by atoms with Crippen LogP contribution in [0.25, 0.3) is 0 Å². The first-order valence-electron chi connectivity index (χ1n) is 4.55. The Kier molecular flexibility index (Phi) is 5.84. The first kappa shape index (κ1) is 13.5. The van der Waals surface area contributed by atoms with E-state index in [9.17, 15) is 9.59 Å². The van der Waals surface area contributed by atoms with Crippen LogP contribution in [-0.2, 0) is 14.3 Å². The lowest BCUT2D eigenvalue weighted by Crippen LogP contribution is -2.26. The highest BCUT2D eigenvalue weighted by molar-refractivity contribution is 7.98. The lowest BCUT2D eigenvalue weighted by molar-refractivity contribution is -0.156. The van der Waals surface area contributed by atoms with Crippen molar-refractivity contribution in [3.63, 3.8) is 0 Å². The second kappa shape index (κ2) is 6.06. The Bertz CT molecular complexity index is 196. The minimum Gasteiger partial charge on any atom is -0.460 e. The molecule has 0 heterocycles. The van der Waals surface area contributed by atoms with E-state index in [4.69, 9.17) is 4.74 Å². The number of hydrogen-bond donors (Lipinski definition) is 0. The van der Waals surface area contributed by atoms with Crippen molar-refractivity contribution >= 4 is 24.0 Å². The Morgan fingerprint density at radius 2 is 2.07 bits per heavy atom. The largest absolute Gasteiger partial charge is 0.460 e. The molecule has 0 aromatic carbocycles. The van der Waals surface area contributed by atoms with Gasteiger partial charge in [0.25, 0.3) is 0 Å². The minimum absolute atomic E-state index is 0.182. The van der Waals surface area contributed by atoms with Crippen molar-refractivity contribution in [2.45, 2.75) is 32.8 Å². The van der Waals surface area contributed by atoms with Gasteiger partial charge >= 0.3 is 5.97 Å². The highest BCUT2D eigenvalue weighted by atomic mass is 32.2. The van der Waals surface area contributed by atoms with Crippen LogP contribution in [0.15, 0.2) is 0 Å². The number of thioether (sulfide) groups is 1. The molecule has 0 aromatic heterocycles. The second-order valence-electron chi connectivity index (χ2n) is 4.14. The molecule has 0 fully saturated rings. The number of hydrogen-bond acceptors (Lipinski definition) is 4. The zero-order chi connectivity index (χ0) is 11.2. The summed E-state index contributed by atoms with van der Waals surface area (Å²) in [5.74, 6) is 0.145. The van der Waals surface area contributed by atoms with Crippen LogP contribution in [0.3, 0.4) is 0 Å². The van der Waals surface area contributed by atoms with Gasteiger partial charge in [0.05, 0.1) is 6.42 Å². The highest BCUT2D eigenvalue weighted by Crippen LogP contribution is 2.13. The van der Waals surface area contributed by atoms with Crippen molar-refractivity contribution in [1.29, 1.82) is 0 Å². The van der Waals surface area contributed by atoms with Gasteiger partial charge in [-0.1, -0.05) is 0 Å². The fourth-order valence-corrected chi connectivity index (χ4v) is 1.58. The molecule has 0 spiro atoms. The van der Waals surface area contributed by atoms with Gasteiger partial charge in [-0.25, -0.2) is 0 Å². The maximum atomic E-state index is 11.3. The van der Waals surface area contributed by atoms with E-state index >= 15 is 0 Å². The van der Waals surface area contributed by atoms with E-state index in [1.807, 2.05) is 27.0 Å². The smallest absolute Gasteiger partial charge is 0.307 e. The van der Waals surface area contributed by atoms with E-state index in [-0.39, 0.29) is 18.3 Å². The maximum Gasteiger partial charge on any atom is 0.307 e. The molecule has 0 aliphatic heterocycles. The SMILES string of the molecule is CSC[C@@H](C=O)CC(=O)OC(C)(C)C. The molecule has 0 N–H and O–H groups in total. The van der Waals surface area contributed by atoms with Crippen LogP contribution in [0.2, 0.25) is 0 Å². The van der Waals surface area contributed by atoms with Crippen molar-refractivity contribution in [2.24, 2.45) is 5.92 Å². The van der Waals surface area contributed by atoms with E-state index in [0.717, 1.165) is 6.29 Å². The molecule has 0 amide bonds. The third kappa shape index (κ3) is 6.95. The molecule has 14 heavy (non-hydrogen) atoms. The number of ether oxygens (including phenoxy) is 1. The Morgan fingerprint density at radius 1 is 1.50 bits per heavy atom. The Labute approximate surface area is 89.6 Å². The zero-order valence-corrected chi connectivity index (χ0v) is 10.0. The number of aldehydes is 1. The molecule has 0 bridgehead atoms. The highest BCUT2D eigenvalue weighted by Gasteiger charge is 2.19. The molecule has 1 atom stereocenters. The Hall–Kier alpha value is -0.510. The van der Waals surface area contributed by atoms with Crippen molar-refractivity contribution in [2.75, 3.05) is 12.0 Å². The summed E-state index contributed by atoms with van der Waals surface area (Å²) >= 11 is 1.56. The third-order valence-electron chi connectivity index (χ3n) is 1.42. The van der Waals surface area contributed by atoms with Crippen LogP contribution in [0.1, 0.15) is 27.2 Å². The van der Waals surface area contributed by atoms with Gasteiger partial charge in [0.2, 0.25) is 0 Å². The molecule has 3 nitrogen and oxygen atoms in total. The predicted octanol–water partition coefficient (Wildman–Crippen LogP) is 1.90. The summed E-state index contributed by atoms with van der Waals surface area (Å²) < 4.78 is 5.11. The predicted molar refractivity (Wildman–Crippen MR) is 58.4 cm³/mol. The lowest BCUT2D eigenvalue weighted by Gasteiger charge is -2.20. The van der Waals surface area contributed by atoms with Gasteiger partial charge in [-0.05, 0) is 27.0 Å². The maximum absolute atomic E-state index is 11.3. The summed E-state index contributed by atoms with van der Waals surface area (Å²) in [6.45, 7) is 5.44. The molecule has 0 radical (unpaired) electrons. The minimum atomic E-state index is -0.468. The van der Waals surface area contributed by atoms with Gasteiger partial charge in [0.15, 0.2) is 0 Å². The van der Waals surface area contributed by atoms with Gasteiger partial charge in [-0.3, -0.25) is 4.79 Å². The van der Waals surface area contributed by atoms with Gasteiger partial charge < -0.3 is 9.53 Å². The number of carbonyl (C=O) groups excluding carboxylic acids is 2. The summed E-state index contributed by atoms with van der Waals surface area (Å²) in [4.78, 5) is 21.9. The first-order chi connectivity index (χ1) is 6.39. The quantitative estimate of drug-likeness (QED) is 0.522. The molecule has 4 heteroatoms. The van der Waals surface area contributed by atoms with Crippen LogP contribution >= 0.6 is 11.8 Å². The van der Waals surface area contributed by atoms with Crippen LogP contribution in [0, 0.1) is 5.92 Å². The molecule has 0 aliphatic rings. The zero-order valence-electron chi connectivity index (χ0n) is 9.20. The normalized spacial score (nSPS) is 13.4. The van der Waals surface area contributed by atoms with E-state index in [0.29, 0.717) is 5.75 Å². The van der Waals surface area contributed by atoms with Gasteiger partial charge in [-0.2, -0.15) is 11.8 Å². The lowest BCUT2D eigenvalue weighted by atomic mass is 10.1. The molecule has 0 saturated carbocycles. The van der Waals surface area contributed by atoms with E-state index in [2.05, 4.69) is 0 Å². The van der Waals surface area contributed by atoms with Crippen molar-refractivity contribution < 1.29 is 14.3 Å². The Balaban J connectivity index is 3.97. The number of esters is 1. The van der Waals surface area contributed by atoms with E-state index in [1.54, 1.807) is 11.8 Å². The van der Waals surface area contributed by atoms with Crippen LogP contribution in [-0.4, -0.2) is 29.9 Å². The molecular weight excluding hydrogens is 200 g/mol. The number of carbonyl (C=O) groups is 2. The third-order valence-corrected chi connectivity index (χ3v) is 2.18. The Morgan fingerprint density at radius 3 is 2.43 bits per heavy atom. The van der Waals surface area contributed by atoms with E-state index in [1.165, 1.54) is 0 Å². The topological polar surface area (TPSA) is 43.4 Å². The summed E-state index contributed by atoms with van der Waals surface area (Å²) in [6, 6.07) is 0. The van der Waals surface area contributed by atoms with Gasteiger partial charge in [-0.15, -0.1) is 0 Å². The van der Waals surface area contributed by atoms with Gasteiger partial charge in [0.1, 0.15) is 11.9 Å². The summed E-state index contributed by atoms with van der Waals surface area (Å²) in [5.41, 5.74) is -0.468. The molecule has 0 rings (SSSR count). The van der Waals surface area contributed by atoms with Crippen molar-refractivity contribution in [3.05, 3.63) is 0 Å². The summed E-state index contributed by atoms with van der Waals surface area (Å²) in [6.07, 6.45) is 2.91. The summed E-state index contributed by atoms with van der Waals surface area (Å²) in [7, 11) is 0. The second-order valence-corrected chi connectivity index (χ2v) is 5.05. The van der Waals surface area contributed by atoms with Crippen LogP contribution in [0.4, 0.5) is 0 Å². The monoisotopic (exact) mass is 218 g/mol. The fraction of sp³-hybridized carbons (Fsp3) is 0.800. The van der Waals surface area contributed by atoms with Crippen molar-refractivity contribution in [1.82, 2.24) is 0 Å². The van der Waals surface area contributed by atoms with Crippen LogP contribution < -0.4 is 0 Å². The standard InChI is InChI=1S/C10H18O3S/c1-10(2,3)13-9(12)5-8(6-11)7-14-4/h6,8H,5,7H2,1-4H3/t8-/m1/s1. The average molecular weight is 218 g/mol. The van der Waals surface area contributed by atoms with Crippen LogP contribution in [0.5, 0.6) is 0 Å². The van der Waals surface area contributed by atoms with Crippen molar-refractivity contribution in [3.8, 4) is 0 Å². The van der Waals surface area contributed by atoms with Gasteiger partial charge in [0, 0.05) is 11.7 Å². The van der Waals surface area contributed by atoms with E-state index < -0.39 is 5.60 Å². The molecule has 0 aliphatic carbocycles. The molecule has 0 unspecified atom stereocenters.